The van der Waals surface area contributed by atoms with Gasteiger partial charge in [-0.25, -0.2) is 0 Å². The molecule has 35 heavy (non-hydrogen) atoms. The molecule has 2 aliphatic rings. The van der Waals surface area contributed by atoms with Crippen molar-refractivity contribution < 1.29 is 27.3 Å². The molecule has 2 atom stereocenters. The third-order valence-corrected chi connectivity index (χ3v) is 8.16. The maximum Gasteiger partial charge on any atom is 0.261 e. The molecule has 1 saturated heterocycles. The van der Waals surface area contributed by atoms with Crippen LogP contribution in [0.3, 0.4) is 0 Å². The monoisotopic (exact) mass is 632 g/mol. The van der Waals surface area contributed by atoms with Gasteiger partial charge in [-0.1, -0.05) is 39.3 Å². The first-order valence-corrected chi connectivity index (χ1v) is 16.5. The molecule has 2 aromatic carbocycles. The van der Waals surface area contributed by atoms with Gasteiger partial charge in [0, 0.05) is 37.7 Å². The summed E-state index contributed by atoms with van der Waals surface area (Å²) in [6.45, 7) is 4.59. The Morgan fingerprint density at radius 1 is 1.17 bits per heavy atom. The van der Waals surface area contributed by atoms with E-state index in [4.69, 9.17) is 9.29 Å². The number of carbonyl (C=O) groups excluding carboxylic acids is 2. The Morgan fingerprint density at radius 2 is 1.86 bits per heavy atom. The standard InChI is InChI=1S/C23H25IN2O3S.CH4O3S/c1-2-29-14-20-17-7-4-3-6-16(17)18-9-8-15(12-19(18)20)25-10-5-11-26-22(27)13-21(30-24)23(26)28;1-5(2,3)4/h3-4,6-9,12,20-21,25H,2,5,10-11,13-14H2,1H3;1H3,(H,2,3,4). The number of hydrogen-bond donors (Lipinski definition) is 2. The highest BCUT2D eigenvalue weighted by Gasteiger charge is 2.38. The van der Waals surface area contributed by atoms with E-state index in [0.717, 1.165) is 12.1 Å². The lowest BCUT2D eigenvalue weighted by Crippen LogP contribution is -2.32. The molecule has 0 aromatic heterocycles. The third-order valence-electron chi connectivity index (χ3n) is 5.74. The van der Waals surface area contributed by atoms with Crippen molar-refractivity contribution in [2.24, 2.45) is 0 Å². The topological polar surface area (TPSA) is 113 Å². The molecule has 8 nitrogen and oxygen atoms in total. The molecule has 1 fully saturated rings. The average Bonchev–Trinajstić information content (AvgIpc) is 3.27. The first-order valence-electron chi connectivity index (χ1n) is 11.2. The van der Waals surface area contributed by atoms with Gasteiger partial charge in [0.25, 0.3) is 10.1 Å². The summed E-state index contributed by atoms with van der Waals surface area (Å²) in [4.78, 5) is 25.7. The van der Waals surface area contributed by atoms with Crippen LogP contribution in [0.5, 0.6) is 0 Å². The number of anilines is 1. The van der Waals surface area contributed by atoms with Gasteiger partial charge in [-0.3, -0.25) is 19.0 Å². The number of rotatable bonds is 9. The number of carbonyl (C=O) groups is 2. The summed E-state index contributed by atoms with van der Waals surface area (Å²) in [6, 6.07) is 15.0. The summed E-state index contributed by atoms with van der Waals surface area (Å²) in [5.41, 5.74) is 6.24. The molecule has 0 saturated carbocycles. The van der Waals surface area contributed by atoms with E-state index in [1.54, 1.807) is 0 Å². The highest BCUT2D eigenvalue weighted by Crippen LogP contribution is 2.45. The van der Waals surface area contributed by atoms with E-state index in [0.29, 0.717) is 39.0 Å². The van der Waals surface area contributed by atoms with Gasteiger partial charge in [-0.2, -0.15) is 8.42 Å². The van der Waals surface area contributed by atoms with Crippen molar-refractivity contribution in [1.29, 1.82) is 0 Å². The highest BCUT2D eigenvalue weighted by atomic mass is 127. The van der Waals surface area contributed by atoms with Gasteiger partial charge in [0.15, 0.2) is 0 Å². The number of hydrogen-bond acceptors (Lipinski definition) is 7. The summed E-state index contributed by atoms with van der Waals surface area (Å²) >= 11 is 2.10. The number of nitrogens with zero attached hydrogens (tertiary/aromatic N) is 1. The van der Waals surface area contributed by atoms with Gasteiger partial charge >= 0.3 is 0 Å². The number of halogens is 1. The number of likely N-dealkylation sites (tertiary alicyclic amines) is 1. The quantitative estimate of drug-likeness (QED) is 0.182. The van der Waals surface area contributed by atoms with Crippen LogP contribution >= 0.6 is 30.1 Å². The van der Waals surface area contributed by atoms with Crippen molar-refractivity contribution in [3.8, 4) is 11.1 Å². The molecular weight excluding hydrogens is 603 g/mol. The fraction of sp³-hybridized carbons (Fsp3) is 0.417. The smallest absolute Gasteiger partial charge is 0.261 e. The lowest BCUT2D eigenvalue weighted by molar-refractivity contribution is -0.138. The molecule has 1 heterocycles. The average molecular weight is 633 g/mol. The molecule has 0 bridgehead atoms. The van der Waals surface area contributed by atoms with Crippen LogP contribution in [0.2, 0.25) is 0 Å². The van der Waals surface area contributed by atoms with Crippen LogP contribution in [-0.4, -0.2) is 67.5 Å². The molecular formula is C24H29IN2O6S2. The summed E-state index contributed by atoms with van der Waals surface area (Å²) in [6.07, 6.45) is 1.77. The van der Waals surface area contributed by atoms with E-state index in [1.807, 2.05) is 6.92 Å². The Kier molecular flexibility index (Phi) is 9.99. The zero-order valence-electron chi connectivity index (χ0n) is 19.6. The van der Waals surface area contributed by atoms with Crippen molar-refractivity contribution in [3.63, 3.8) is 0 Å². The van der Waals surface area contributed by atoms with Gasteiger partial charge in [0.05, 0.1) is 12.9 Å². The minimum absolute atomic E-state index is 0.0477. The minimum Gasteiger partial charge on any atom is -0.385 e. The third kappa shape index (κ3) is 7.42. The second-order valence-corrected chi connectivity index (χ2v) is 12.0. The number of benzene rings is 2. The zero-order chi connectivity index (χ0) is 25.6. The molecule has 0 radical (unpaired) electrons. The van der Waals surface area contributed by atoms with Crippen molar-refractivity contribution >= 4 is 57.8 Å². The van der Waals surface area contributed by atoms with Crippen molar-refractivity contribution in [2.45, 2.75) is 30.9 Å². The number of amides is 2. The van der Waals surface area contributed by atoms with Crippen LogP contribution in [0, 0.1) is 0 Å². The minimum atomic E-state index is -3.67. The lowest BCUT2D eigenvalue weighted by atomic mass is 9.97. The fourth-order valence-corrected chi connectivity index (χ4v) is 5.86. The predicted octanol–water partition coefficient (Wildman–Crippen LogP) is 4.35. The first kappa shape index (κ1) is 27.9. The molecule has 4 rings (SSSR count). The van der Waals surface area contributed by atoms with E-state index in [-0.39, 0.29) is 23.0 Å². The molecule has 1 aliphatic carbocycles. The maximum absolute atomic E-state index is 12.2. The molecule has 190 valence electrons. The number of imide groups is 1. The fourth-order valence-electron chi connectivity index (χ4n) is 4.26. The van der Waals surface area contributed by atoms with E-state index in [1.165, 1.54) is 36.1 Å². The van der Waals surface area contributed by atoms with Crippen LogP contribution in [0.1, 0.15) is 36.8 Å². The summed E-state index contributed by atoms with van der Waals surface area (Å²) < 4.78 is 31.6. The van der Waals surface area contributed by atoms with Crippen LogP contribution in [0.25, 0.3) is 11.1 Å². The van der Waals surface area contributed by atoms with Gasteiger partial charge in [0.1, 0.15) is 5.25 Å². The molecule has 2 amide bonds. The van der Waals surface area contributed by atoms with Crippen LogP contribution in [0.4, 0.5) is 5.69 Å². The second kappa shape index (κ2) is 12.5. The summed E-state index contributed by atoms with van der Waals surface area (Å²) in [5, 5.41) is 3.24. The Morgan fingerprint density at radius 3 is 2.51 bits per heavy atom. The van der Waals surface area contributed by atoms with Gasteiger partial charge in [-0.05, 0) is 68.9 Å². The number of nitrogens with one attached hydrogen (secondary N) is 1. The predicted molar refractivity (Wildman–Crippen MR) is 148 cm³/mol. The van der Waals surface area contributed by atoms with Gasteiger partial charge < -0.3 is 10.1 Å². The van der Waals surface area contributed by atoms with E-state index >= 15 is 0 Å². The Labute approximate surface area is 222 Å². The van der Waals surface area contributed by atoms with E-state index in [9.17, 15) is 18.0 Å². The first-order chi connectivity index (χ1) is 16.6. The Bertz CT molecular complexity index is 1170. The Hall–Kier alpha value is -1.67. The Balaban J connectivity index is 0.000000623. The maximum atomic E-state index is 12.2. The SMILES string of the molecule is CCOCC1c2ccccc2-c2ccc(NCCCN3C(=O)CC(SI)C3=O)cc21.CS(=O)(=O)O. The summed E-state index contributed by atoms with van der Waals surface area (Å²) in [7, 11) is -2.24. The molecule has 0 spiro atoms. The lowest BCUT2D eigenvalue weighted by Gasteiger charge is -2.16. The van der Waals surface area contributed by atoms with E-state index in [2.05, 4.69) is 69.0 Å². The largest absolute Gasteiger partial charge is 0.385 e. The van der Waals surface area contributed by atoms with Crippen molar-refractivity contribution in [3.05, 3.63) is 53.6 Å². The zero-order valence-corrected chi connectivity index (χ0v) is 23.4. The second-order valence-electron chi connectivity index (χ2n) is 8.28. The molecule has 11 heteroatoms. The highest BCUT2D eigenvalue weighted by molar-refractivity contribution is 14.2. The van der Waals surface area contributed by atoms with Gasteiger partial charge in [-0.15, -0.1) is 0 Å². The number of fused-ring (bicyclic) bond motifs is 3. The van der Waals surface area contributed by atoms with Crippen LogP contribution in [0.15, 0.2) is 42.5 Å². The van der Waals surface area contributed by atoms with Crippen LogP contribution < -0.4 is 5.32 Å². The van der Waals surface area contributed by atoms with E-state index < -0.39 is 10.1 Å². The molecule has 2 aromatic rings. The molecule has 2 N–H and O–H groups in total. The van der Waals surface area contributed by atoms with Crippen molar-refractivity contribution in [2.75, 3.05) is 37.9 Å². The molecule has 1 aliphatic heterocycles. The van der Waals surface area contributed by atoms with Crippen LogP contribution in [-0.2, 0) is 24.4 Å². The summed E-state index contributed by atoms with van der Waals surface area (Å²) in [5.74, 6) is 0.150. The number of ether oxygens (including phenoxy) is 1. The normalized spacial score (nSPS) is 18.7. The molecule has 2 unspecified atom stereocenters. The van der Waals surface area contributed by atoms with Crippen molar-refractivity contribution in [1.82, 2.24) is 4.90 Å². The van der Waals surface area contributed by atoms with Gasteiger partial charge in [0.2, 0.25) is 11.8 Å².